The van der Waals surface area contributed by atoms with Crippen LogP contribution in [0.2, 0.25) is 0 Å². The second-order valence-corrected chi connectivity index (χ2v) is 9.41. The summed E-state index contributed by atoms with van der Waals surface area (Å²) in [4.78, 5) is 25.1. The number of hydrogen-bond donors (Lipinski definition) is 2. The van der Waals surface area contributed by atoms with Crippen LogP contribution >= 0.6 is 0 Å². The van der Waals surface area contributed by atoms with E-state index in [0.29, 0.717) is 19.6 Å². The SMILES string of the molecule is CC1(C)OCC(C)(C)[C@H](C(=O)CCCC(O)C(=O)NCc2cccc3ccccc23)O1. The van der Waals surface area contributed by atoms with E-state index in [2.05, 4.69) is 5.32 Å². The number of aliphatic hydroxyl groups excluding tert-OH is 1. The average molecular weight is 428 g/mol. The number of carbonyl (C=O) groups is 2. The Morgan fingerprint density at radius 2 is 1.84 bits per heavy atom. The van der Waals surface area contributed by atoms with Crippen molar-refractivity contribution in [1.82, 2.24) is 5.32 Å². The largest absolute Gasteiger partial charge is 0.383 e. The molecule has 1 aliphatic heterocycles. The number of amides is 1. The summed E-state index contributed by atoms with van der Waals surface area (Å²) in [6, 6.07) is 13.9. The highest BCUT2D eigenvalue weighted by atomic mass is 16.7. The van der Waals surface area contributed by atoms with Crippen LogP contribution in [-0.2, 0) is 25.6 Å². The van der Waals surface area contributed by atoms with Gasteiger partial charge in [-0.05, 0) is 43.0 Å². The molecule has 0 aliphatic carbocycles. The van der Waals surface area contributed by atoms with E-state index in [9.17, 15) is 14.7 Å². The van der Waals surface area contributed by atoms with Gasteiger partial charge < -0.3 is 19.9 Å². The van der Waals surface area contributed by atoms with Crippen molar-refractivity contribution in [3.05, 3.63) is 48.0 Å². The van der Waals surface area contributed by atoms with Crippen molar-refractivity contribution in [1.29, 1.82) is 0 Å². The topological polar surface area (TPSA) is 84.9 Å². The molecule has 2 N–H and O–H groups in total. The molecular weight excluding hydrogens is 394 g/mol. The van der Waals surface area contributed by atoms with Crippen molar-refractivity contribution in [2.75, 3.05) is 6.61 Å². The Balaban J connectivity index is 1.47. The minimum Gasteiger partial charge on any atom is -0.383 e. The number of benzene rings is 2. The first-order chi connectivity index (χ1) is 14.6. The number of ketones is 1. The van der Waals surface area contributed by atoms with Crippen LogP contribution in [-0.4, -0.2) is 41.4 Å². The van der Waals surface area contributed by atoms with Gasteiger partial charge in [0.2, 0.25) is 5.91 Å². The molecule has 1 heterocycles. The normalized spacial score (nSPS) is 20.9. The lowest BCUT2D eigenvalue weighted by atomic mass is 9.82. The van der Waals surface area contributed by atoms with Crippen molar-refractivity contribution in [2.24, 2.45) is 5.41 Å². The van der Waals surface area contributed by atoms with Crippen LogP contribution in [0.15, 0.2) is 42.5 Å². The third kappa shape index (κ3) is 5.91. The Labute approximate surface area is 183 Å². The summed E-state index contributed by atoms with van der Waals surface area (Å²) in [5.74, 6) is -1.24. The first-order valence-corrected chi connectivity index (χ1v) is 10.9. The van der Waals surface area contributed by atoms with Gasteiger partial charge in [0.25, 0.3) is 0 Å². The molecule has 0 aromatic heterocycles. The first kappa shape index (κ1) is 23.4. The number of carbonyl (C=O) groups excluding carboxylic acids is 2. The predicted octanol–water partition coefficient (Wildman–Crippen LogP) is 3.73. The zero-order valence-electron chi connectivity index (χ0n) is 18.8. The van der Waals surface area contributed by atoms with E-state index in [1.165, 1.54) is 0 Å². The van der Waals surface area contributed by atoms with E-state index in [4.69, 9.17) is 9.47 Å². The maximum absolute atomic E-state index is 12.7. The highest BCUT2D eigenvalue weighted by molar-refractivity contribution is 5.87. The summed E-state index contributed by atoms with van der Waals surface area (Å²) in [5, 5.41) is 15.2. The van der Waals surface area contributed by atoms with E-state index in [-0.39, 0.29) is 18.6 Å². The Morgan fingerprint density at radius 3 is 2.61 bits per heavy atom. The number of ether oxygens (including phenoxy) is 2. The Bertz CT molecular complexity index is 931. The molecule has 168 valence electrons. The fourth-order valence-corrected chi connectivity index (χ4v) is 3.89. The summed E-state index contributed by atoms with van der Waals surface area (Å²) in [6.45, 7) is 8.27. The van der Waals surface area contributed by atoms with Gasteiger partial charge >= 0.3 is 0 Å². The van der Waals surface area contributed by atoms with Gasteiger partial charge in [-0.1, -0.05) is 56.3 Å². The fraction of sp³-hybridized carbons (Fsp3) is 0.520. The molecule has 1 fully saturated rings. The third-order valence-corrected chi connectivity index (χ3v) is 5.73. The van der Waals surface area contributed by atoms with Crippen LogP contribution in [0.1, 0.15) is 52.5 Å². The summed E-state index contributed by atoms with van der Waals surface area (Å²) < 4.78 is 11.5. The molecule has 2 aromatic carbocycles. The molecular formula is C25H33NO5. The number of fused-ring (bicyclic) bond motifs is 1. The van der Waals surface area contributed by atoms with Gasteiger partial charge in [-0.3, -0.25) is 9.59 Å². The van der Waals surface area contributed by atoms with Crippen molar-refractivity contribution >= 4 is 22.5 Å². The lowest BCUT2D eigenvalue weighted by molar-refractivity contribution is -0.303. The van der Waals surface area contributed by atoms with Crippen molar-refractivity contribution in [3.63, 3.8) is 0 Å². The molecule has 2 atom stereocenters. The lowest BCUT2D eigenvalue weighted by Gasteiger charge is -2.45. The molecule has 6 heteroatoms. The molecule has 0 bridgehead atoms. The Kier molecular flexibility index (Phi) is 7.14. The predicted molar refractivity (Wildman–Crippen MR) is 119 cm³/mol. The van der Waals surface area contributed by atoms with Gasteiger partial charge in [0.1, 0.15) is 12.2 Å². The lowest BCUT2D eigenvalue weighted by Crippen LogP contribution is -2.53. The summed E-state index contributed by atoms with van der Waals surface area (Å²) in [6.07, 6.45) is -0.826. The molecule has 1 aliphatic rings. The molecule has 0 radical (unpaired) electrons. The van der Waals surface area contributed by atoms with Crippen LogP contribution < -0.4 is 5.32 Å². The molecule has 1 saturated heterocycles. The number of aliphatic hydroxyl groups is 1. The summed E-state index contributed by atoms with van der Waals surface area (Å²) in [7, 11) is 0. The Hall–Kier alpha value is -2.28. The number of rotatable bonds is 8. The zero-order valence-corrected chi connectivity index (χ0v) is 18.8. The number of hydrogen-bond acceptors (Lipinski definition) is 5. The highest BCUT2D eigenvalue weighted by Gasteiger charge is 2.45. The van der Waals surface area contributed by atoms with Crippen LogP contribution in [0.4, 0.5) is 0 Å². The molecule has 3 rings (SSSR count). The highest BCUT2D eigenvalue weighted by Crippen LogP contribution is 2.36. The minimum atomic E-state index is -1.15. The van der Waals surface area contributed by atoms with Crippen molar-refractivity contribution < 1.29 is 24.2 Å². The van der Waals surface area contributed by atoms with Gasteiger partial charge in [0, 0.05) is 18.4 Å². The van der Waals surface area contributed by atoms with Gasteiger partial charge in [-0.15, -0.1) is 0 Å². The van der Waals surface area contributed by atoms with E-state index < -0.39 is 29.3 Å². The maximum atomic E-state index is 12.7. The number of nitrogens with one attached hydrogen (secondary N) is 1. The monoisotopic (exact) mass is 427 g/mol. The Morgan fingerprint density at radius 1 is 1.13 bits per heavy atom. The van der Waals surface area contributed by atoms with Gasteiger partial charge in [0.15, 0.2) is 11.6 Å². The fourth-order valence-electron chi connectivity index (χ4n) is 3.89. The summed E-state index contributed by atoms with van der Waals surface area (Å²) >= 11 is 0. The smallest absolute Gasteiger partial charge is 0.249 e. The van der Waals surface area contributed by atoms with Crippen molar-refractivity contribution in [2.45, 2.75) is 71.5 Å². The molecule has 0 spiro atoms. The van der Waals surface area contributed by atoms with E-state index in [1.54, 1.807) is 13.8 Å². The van der Waals surface area contributed by atoms with Crippen LogP contribution in [0, 0.1) is 5.41 Å². The maximum Gasteiger partial charge on any atom is 0.249 e. The zero-order chi connectivity index (χ0) is 22.6. The van der Waals surface area contributed by atoms with E-state index in [0.717, 1.165) is 16.3 Å². The summed E-state index contributed by atoms with van der Waals surface area (Å²) in [5.41, 5.74) is 0.580. The molecule has 6 nitrogen and oxygen atoms in total. The van der Waals surface area contributed by atoms with Crippen LogP contribution in [0.5, 0.6) is 0 Å². The molecule has 1 unspecified atom stereocenters. The van der Waals surface area contributed by atoms with Crippen LogP contribution in [0.3, 0.4) is 0 Å². The van der Waals surface area contributed by atoms with Gasteiger partial charge in [-0.2, -0.15) is 0 Å². The second kappa shape index (κ2) is 9.47. The third-order valence-electron chi connectivity index (χ3n) is 5.73. The molecule has 31 heavy (non-hydrogen) atoms. The second-order valence-electron chi connectivity index (χ2n) is 9.41. The average Bonchev–Trinajstić information content (AvgIpc) is 2.73. The van der Waals surface area contributed by atoms with Gasteiger partial charge in [-0.25, -0.2) is 0 Å². The standard InChI is InChI=1S/C25H33NO5/c1-24(2)16-30-25(3,4)31-22(24)20(27)13-8-14-21(28)23(29)26-15-18-11-7-10-17-9-5-6-12-19(17)18/h5-7,9-12,21-22,28H,8,13-16H2,1-4H3,(H,26,29)/t21?,22-/m0/s1. The number of Topliss-reactive ketones (excluding diaryl/α,β-unsaturated/α-hetero) is 1. The quantitative estimate of drug-likeness (QED) is 0.671. The van der Waals surface area contributed by atoms with E-state index in [1.807, 2.05) is 56.3 Å². The van der Waals surface area contributed by atoms with Crippen molar-refractivity contribution in [3.8, 4) is 0 Å². The van der Waals surface area contributed by atoms with Gasteiger partial charge in [0.05, 0.1) is 6.61 Å². The molecule has 1 amide bonds. The molecule has 2 aromatic rings. The molecule has 0 saturated carbocycles. The minimum absolute atomic E-state index is 0.0234. The first-order valence-electron chi connectivity index (χ1n) is 10.9. The van der Waals surface area contributed by atoms with Crippen LogP contribution in [0.25, 0.3) is 10.8 Å². The van der Waals surface area contributed by atoms with E-state index >= 15 is 0 Å².